The van der Waals surface area contributed by atoms with Gasteiger partial charge in [0.05, 0.1) is 12.0 Å². The Morgan fingerprint density at radius 2 is 2.00 bits per heavy atom. The lowest BCUT2D eigenvalue weighted by Gasteiger charge is -2.06. The second-order valence-corrected chi connectivity index (χ2v) is 3.03. The number of halogens is 1. The molecule has 0 bridgehead atoms. The molecule has 0 saturated carbocycles. The molecule has 2 heteroatoms. The quantitative estimate of drug-likeness (QED) is 0.585. The summed E-state index contributed by atoms with van der Waals surface area (Å²) in [5, 5.41) is 8.41. The zero-order chi connectivity index (χ0) is 6.57. The Hall–Kier alpha value is 0.250. The van der Waals surface area contributed by atoms with E-state index in [0.717, 1.165) is 6.42 Å². The van der Waals surface area contributed by atoms with Crippen LogP contribution in [0.2, 0.25) is 0 Å². The van der Waals surface area contributed by atoms with Gasteiger partial charge in [0.2, 0.25) is 0 Å². The molecule has 1 unspecified atom stereocenters. The maximum absolute atomic E-state index is 8.45. The van der Waals surface area contributed by atoms with E-state index in [4.69, 9.17) is 16.7 Å². The minimum atomic E-state index is -0.0463. The van der Waals surface area contributed by atoms with Gasteiger partial charge in [0, 0.05) is 0 Å². The average molecular weight is 137 g/mol. The largest absolute Gasteiger partial charge is 0.395 e. The van der Waals surface area contributed by atoms with Crippen LogP contribution in [0.25, 0.3) is 0 Å². The van der Waals surface area contributed by atoms with Gasteiger partial charge in [0.1, 0.15) is 0 Å². The molecule has 0 fully saturated rings. The van der Waals surface area contributed by atoms with E-state index in [1.165, 1.54) is 0 Å². The molecule has 0 aromatic rings. The van der Waals surface area contributed by atoms with E-state index in [9.17, 15) is 0 Å². The highest BCUT2D eigenvalue weighted by Crippen LogP contribution is 2.08. The molecule has 0 aliphatic heterocycles. The van der Waals surface area contributed by atoms with E-state index in [1.54, 1.807) is 0 Å². The van der Waals surface area contributed by atoms with Gasteiger partial charge in [0.25, 0.3) is 0 Å². The van der Waals surface area contributed by atoms with Crippen molar-refractivity contribution in [1.82, 2.24) is 0 Å². The van der Waals surface area contributed by atoms with Crippen LogP contribution in [0.1, 0.15) is 20.3 Å². The third kappa shape index (κ3) is 4.41. The van der Waals surface area contributed by atoms with Crippen LogP contribution >= 0.6 is 11.6 Å². The molecule has 1 nitrogen and oxygen atoms in total. The van der Waals surface area contributed by atoms with E-state index in [1.807, 2.05) is 0 Å². The van der Waals surface area contributed by atoms with Gasteiger partial charge in [-0.15, -0.1) is 11.6 Å². The van der Waals surface area contributed by atoms with Crippen molar-refractivity contribution >= 4 is 11.6 Å². The monoisotopic (exact) mass is 136 g/mol. The standard InChI is InChI=1S/C6H13ClO/c1-5(2)3-6(7)4-8/h5-6,8H,3-4H2,1-2H3. The van der Waals surface area contributed by atoms with Gasteiger partial charge in [-0.25, -0.2) is 0 Å². The number of hydrogen-bond donors (Lipinski definition) is 1. The van der Waals surface area contributed by atoms with Gasteiger partial charge >= 0.3 is 0 Å². The smallest absolute Gasteiger partial charge is 0.0595 e. The highest BCUT2D eigenvalue weighted by Gasteiger charge is 2.03. The molecule has 0 aromatic heterocycles. The van der Waals surface area contributed by atoms with Gasteiger partial charge in [0.15, 0.2) is 0 Å². The highest BCUT2D eigenvalue weighted by molar-refractivity contribution is 6.20. The minimum Gasteiger partial charge on any atom is -0.395 e. The third-order valence-corrected chi connectivity index (χ3v) is 1.24. The van der Waals surface area contributed by atoms with E-state index in [2.05, 4.69) is 13.8 Å². The minimum absolute atomic E-state index is 0.0463. The maximum Gasteiger partial charge on any atom is 0.0595 e. The van der Waals surface area contributed by atoms with Crippen molar-refractivity contribution in [3.05, 3.63) is 0 Å². The first kappa shape index (κ1) is 8.25. The summed E-state index contributed by atoms with van der Waals surface area (Å²) in [6.45, 7) is 4.27. The number of aliphatic hydroxyl groups excluding tert-OH is 1. The average Bonchev–Trinajstić information content (AvgIpc) is 1.65. The van der Waals surface area contributed by atoms with Gasteiger partial charge in [-0.3, -0.25) is 0 Å². The molecule has 50 valence electrons. The summed E-state index contributed by atoms with van der Waals surface area (Å²) >= 11 is 5.61. The maximum atomic E-state index is 8.45. The van der Waals surface area contributed by atoms with Gasteiger partial charge in [-0.05, 0) is 12.3 Å². The van der Waals surface area contributed by atoms with Crippen LogP contribution in [0.15, 0.2) is 0 Å². The number of rotatable bonds is 3. The molecular weight excluding hydrogens is 124 g/mol. The predicted octanol–water partition coefficient (Wildman–Crippen LogP) is 1.63. The number of aliphatic hydroxyl groups is 1. The lowest BCUT2D eigenvalue weighted by atomic mass is 10.1. The molecule has 0 rings (SSSR count). The van der Waals surface area contributed by atoms with Crippen molar-refractivity contribution in [1.29, 1.82) is 0 Å². The Bertz CT molecular complexity index is 54.5. The van der Waals surface area contributed by atoms with Crippen LogP contribution in [0, 0.1) is 5.92 Å². The molecule has 0 aromatic carbocycles. The van der Waals surface area contributed by atoms with Crippen LogP contribution in [-0.2, 0) is 0 Å². The zero-order valence-electron chi connectivity index (χ0n) is 5.39. The fourth-order valence-electron chi connectivity index (χ4n) is 0.586. The summed E-state index contributed by atoms with van der Waals surface area (Å²) in [4.78, 5) is 0. The molecule has 0 heterocycles. The van der Waals surface area contributed by atoms with Gasteiger partial charge < -0.3 is 5.11 Å². The van der Waals surface area contributed by atoms with Crippen LogP contribution < -0.4 is 0 Å². The molecule has 0 radical (unpaired) electrons. The summed E-state index contributed by atoms with van der Waals surface area (Å²) in [5.74, 6) is 0.588. The number of alkyl halides is 1. The molecule has 0 aliphatic carbocycles. The summed E-state index contributed by atoms with van der Waals surface area (Å²) in [5.41, 5.74) is 0. The summed E-state index contributed by atoms with van der Waals surface area (Å²) < 4.78 is 0. The molecule has 1 N–H and O–H groups in total. The summed E-state index contributed by atoms with van der Waals surface area (Å²) in [7, 11) is 0. The van der Waals surface area contributed by atoms with Crippen molar-refractivity contribution in [2.45, 2.75) is 25.6 Å². The van der Waals surface area contributed by atoms with E-state index in [0.29, 0.717) is 5.92 Å². The zero-order valence-corrected chi connectivity index (χ0v) is 6.15. The van der Waals surface area contributed by atoms with Crippen molar-refractivity contribution < 1.29 is 5.11 Å². The van der Waals surface area contributed by atoms with Gasteiger partial charge in [-0.1, -0.05) is 13.8 Å². The molecule has 0 aliphatic rings. The first-order valence-electron chi connectivity index (χ1n) is 2.91. The first-order chi connectivity index (χ1) is 3.66. The summed E-state index contributed by atoms with van der Waals surface area (Å²) in [6, 6.07) is 0. The number of hydrogen-bond acceptors (Lipinski definition) is 1. The lowest BCUT2D eigenvalue weighted by Crippen LogP contribution is -2.07. The summed E-state index contributed by atoms with van der Waals surface area (Å²) in [6.07, 6.45) is 0.901. The Balaban J connectivity index is 3.10. The Morgan fingerprint density at radius 1 is 1.50 bits per heavy atom. The van der Waals surface area contributed by atoms with Crippen molar-refractivity contribution in [2.24, 2.45) is 5.92 Å². The highest BCUT2D eigenvalue weighted by atomic mass is 35.5. The molecule has 8 heavy (non-hydrogen) atoms. The van der Waals surface area contributed by atoms with Crippen LogP contribution in [0.3, 0.4) is 0 Å². The Kier molecular flexibility index (Phi) is 4.29. The molecular formula is C6H13ClO. The normalized spacial score (nSPS) is 14.6. The van der Waals surface area contributed by atoms with E-state index in [-0.39, 0.29) is 12.0 Å². The second kappa shape index (κ2) is 4.16. The second-order valence-electron chi connectivity index (χ2n) is 2.41. The molecule has 0 saturated heterocycles. The van der Waals surface area contributed by atoms with E-state index >= 15 is 0 Å². The predicted molar refractivity (Wildman–Crippen MR) is 36.2 cm³/mol. The third-order valence-electron chi connectivity index (χ3n) is 0.925. The topological polar surface area (TPSA) is 20.2 Å². The van der Waals surface area contributed by atoms with Crippen molar-refractivity contribution in [3.63, 3.8) is 0 Å². The fourth-order valence-corrected chi connectivity index (χ4v) is 0.942. The SMILES string of the molecule is CC(C)CC(Cl)CO. The first-order valence-corrected chi connectivity index (χ1v) is 3.35. The van der Waals surface area contributed by atoms with Crippen LogP contribution in [0.5, 0.6) is 0 Å². The lowest BCUT2D eigenvalue weighted by molar-refractivity contribution is 0.280. The Labute approximate surface area is 55.7 Å². The van der Waals surface area contributed by atoms with Crippen molar-refractivity contribution in [3.8, 4) is 0 Å². The molecule has 1 atom stereocenters. The van der Waals surface area contributed by atoms with Crippen LogP contribution in [0.4, 0.5) is 0 Å². The van der Waals surface area contributed by atoms with Crippen LogP contribution in [-0.4, -0.2) is 17.1 Å². The fraction of sp³-hybridized carbons (Fsp3) is 1.00. The molecule has 0 amide bonds. The van der Waals surface area contributed by atoms with E-state index < -0.39 is 0 Å². The Morgan fingerprint density at radius 3 is 2.12 bits per heavy atom. The van der Waals surface area contributed by atoms with Crippen molar-refractivity contribution in [2.75, 3.05) is 6.61 Å². The molecule has 0 spiro atoms. The van der Waals surface area contributed by atoms with Gasteiger partial charge in [-0.2, -0.15) is 0 Å².